The van der Waals surface area contributed by atoms with Crippen molar-refractivity contribution in [2.24, 2.45) is 0 Å². The van der Waals surface area contributed by atoms with Crippen LogP contribution in [0.1, 0.15) is 12.2 Å². The lowest BCUT2D eigenvalue weighted by atomic mass is 10.0. The van der Waals surface area contributed by atoms with Gasteiger partial charge in [0.1, 0.15) is 36.3 Å². The van der Waals surface area contributed by atoms with Crippen molar-refractivity contribution >= 4 is 28.4 Å². The van der Waals surface area contributed by atoms with Crippen molar-refractivity contribution in [1.29, 1.82) is 0 Å². The summed E-state index contributed by atoms with van der Waals surface area (Å²) in [6.45, 7) is 0.636. The fraction of sp³-hybridized carbons (Fsp3) is 0.417. The van der Waals surface area contributed by atoms with E-state index in [-0.39, 0.29) is 37.0 Å². The van der Waals surface area contributed by atoms with E-state index in [4.69, 9.17) is 9.84 Å². The molecule has 1 saturated heterocycles. The van der Waals surface area contributed by atoms with Crippen LogP contribution in [0.2, 0.25) is 0 Å². The number of ether oxygens (including phenoxy) is 1. The highest BCUT2D eigenvalue weighted by Gasteiger charge is 2.32. The van der Waals surface area contributed by atoms with Gasteiger partial charge in [0, 0.05) is 18.3 Å². The van der Waals surface area contributed by atoms with Gasteiger partial charge >= 0.3 is 0 Å². The van der Waals surface area contributed by atoms with Crippen LogP contribution >= 0.6 is 0 Å². The Balaban J connectivity index is 1.49. The normalized spacial score (nSPS) is 18.1. The largest absolute Gasteiger partial charge is 0.479 e. The molecule has 0 radical (unpaired) electrons. The third-order valence-corrected chi connectivity index (χ3v) is 6.63. The summed E-state index contributed by atoms with van der Waals surface area (Å²) >= 11 is 0. The number of carbonyl (C=O) groups is 1. The lowest BCUT2D eigenvalue weighted by Gasteiger charge is -2.34. The van der Waals surface area contributed by atoms with Gasteiger partial charge in [0.05, 0.1) is 31.8 Å². The molecule has 4 heterocycles. The summed E-state index contributed by atoms with van der Waals surface area (Å²) in [7, 11) is 1.43. The Morgan fingerprint density at radius 2 is 2.14 bits per heavy atom. The molecular formula is C24H26F3N7O3. The lowest BCUT2D eigenvalue weighted by molar-refractivity contribution is -0.136. The maximum absolute atomic E-state index is 15.0. The van der Waals surface area contributed by atoms with Crippen LogP contribution < -0.4 is 10.1 Å². The van der Waals surface area contributed by atoms with E-state index in [0.29, 0.717) is 34.4 Å². The van der Waals surface area contributed by atoms with E-state index in [2.05, 4.69) is 20.4 Å². The minimum Gasteiger partial charge on any atom is -0.479 e. The highest BCUT2D eigenvalue weighted by molar-refractivity contribution is 5.90. The first-order valence-corrected chi connectivity index (χ1v) is 11.8. The van der Waals surface area contributed by atoms with E-state index in [0.717, 1.165) is 0 Å². The Bertz CT molecular complexity index is 1470. The molecular weight excluding hydrogens is 491 g/mol. The summed E-state index contributed by atoms with van der Waals surface area (Å²) < 4.78 is 51.5. The van der Waals surface area contributed by atoms with Gasteiger partial charge in [-0.3, -0.25) is 4.79 Å². The molecule has 37 heavy (non-hydrogen) atoms. The zero-order valence-corrected chi connectivity index (χ0v) is 20.3. The van der Waals surface area contributed by atoms with E-state index >= 15 is 0 Å². The van der Waals surface area contributed by atoms with Crippen LogP contribution in [0.25, 0.3) is 27.7 Å². The molecule has 0 spiro atoms. The molecule has 10 nitrogen and oxygen atoms in total. The number of hydrogen-bond donors (Lipinski definition) is 2. The van der Waals surface area contributed by atoms with Gasteiger partial charge in [0.15, 0.2) is 5.82 Å². The molecule has 0 bridgehead atoms. The van der Waals surface area contributed by atoms with Gasteiger partial charge in [0.2, 0.25) is 17.7 Å². The number of aliphatic hydroxyl groups excluding tert-OH is 1. The number of rotatable bonds is 7. The summed E-state index contributed by atoms with van der Waals surface area (Å²) in [5.41, 5.74) is 2.22. The van der Waals surface area contributed by atoms with Crippen molar-refractivity contribution in [2.45, 2.75) is 32.1 Å². The molecule has 0 unspecified atom stereocenters. The van der Waals surface area contributed by atoms with Gasteiger partial charge in [-0.1, -0.05) is 0 Å². The first-order valence-electron chi connectivity index (χ1n) is 11.8. The number of halogens is 3. The highest BCUT2D eigenvalue weighted by atomic mass is 19.1. The number of nitrogens with one attached hydrogen (secondary N) is 1. The third kappa shape index (κ3) is 4.43. The molecule has 5 rings (SSSR count). The molecule has 2 atom stereocenters. The molecule has 2 N–H and O–H groups in total. The Morgan fingerprint density at radius 1 is 1.32 bits per heavy atom. The van der Waals surface area contributed by atoms with Gasteiger partial charge in [-0.25, -0.2) is 22.7 Å². The molecule has 3 aromatic heterocycles. The third-order valence-electron chi connectivity index (χ3n) is 6.63. The van der Waals surface area contributed by atoms with Crippen LogP contribution in [0.15, 0.2) is 24.4 Å². The number of methoxy groups -OCH3 is 1. The fourth-order valence-electron chi connectivity index (χ4n) is 4.81. The van der Waals surface area contributed by atoms with Crippen molar-refractivity contribution < 1.29 is 27.8 Å². The van der Waals surface area contributed by atoms with Crippen molar-refractivity contribution in [3.8, 4) is 17.0 Å². The summed E-state index contributed by atoms with van der Waals surface area (Å²) in [6, 6.07) is 4.18. The molecule has 1 aromatic carbocycles. The number of anilines is 1. The summed E-state index contributed by atoms with van der Waals surface area (Å²) in [5, 5.41) is 16.4. The second-order valence-electron chi connectivity index (χ2n) is 8.85. The Morgan fingerprint density at radius 3 is 2.84 bits per heavy atom. The molecule has 1 aliphatic rings. The number of amides is 1. The monoisotopic (exact) mass is 517 g/mol. The van der Waals surface area contributed by atoms with Crippen molar-refractivity contribution in [3.63, 3.8) is 0 Å². The number of aliphatic hydroxyl groups is 1. The molecule has 13 heteroatoms. The number of imidazole rings is 1. The molecule has 1 aliphatic heterocycles. The van der Waals surface area contributed by atoms with E-state index in [1.165, 1.54) is 22.6 Å². The number of likely N-dealkylation sites (tertiary alicyclic amines) is 1. The number of alkyl halides is 2. The number of fused-ring (bicyclic) bond motifs is 2. The Kier molecular flexibility index (Phi) is 6.63. The first kappa shape index (κ1) is 24.8. The van der Waals surface area contributed by atoms with Crippen molar-refractivity contribution in [2.75, 3.05) is 38.8 Å². The molecule has 0 saturated carbocycles. The number of carbonyl (C=O) groups excluding carboxylic acids is 1. The zero-order valence-electron chi connectivity index (χ0n) is 20.3. The second kappa shape index (κ2) is 9.88. The second-order valence-corrected chi connectivity index (χ2v) is 8.85. The van der Waals surface area contributed by atoms with E-state index in [1.54, 1.807) is 29.8 Å². The minimum atomic E-state index is -1.39. The van der Waals surface area contributed by atoms with Crippen molar-refractivity contribution in [1.82, 2.24) is 29.0 Å². The number of aryl methyl sites for hydroxylation is 2. The Labute approximate surface area is 209 Å². The predicted octanol–water partition coefficient (Wildman–Crippen LogP) is 2.51. The maximum Gasteiger partial charge on any atom is 0.248 e. The fourth-order valence-corrected chi connectivity index (χ4v) is 4.81. The summed E-state index contributed by atoms with van der Waals surface area (Å²) in [5.74, 6) is -0.225. The zero-order chi connectivity index (χ0) is 26.3. The van der Waals surface area contributed by atoms with Crippen LogP contribution in [0.4, 0.5) is 19.1 Å². The predicted molar refractivity (Wildman–Crippen MR) is 130 cm³/mol. The number of aromatic nitrogens is 5. The number of piperidine rings is 1. The highest BCUT2D eigenvalue weighted by Crippen LogP contribution is 2.34. The SMILES string of the molecule is COc1nc(N[C@H]2CCN(C(=O)CO)C[C@H]2F)nn2ccc(-c3cc(F)c4nc(C)n(CCF)c4c3)c12. The average Bonchev–Trinajstić information content (AvgIpc) is 3.46. The van der Waals surface area contributed by atoms with Gasteiger partial charge in [-0.05, 0) is 37.1 Å². The number of nitrogens with zero attached hydrogens (tertiary/aromatic N) is 6. The van der Waals surface area contributed by atoms with Crippen LogP contribution in [0.5, 0.6) is 5.88 Å². The van der Waals surface area contributed by atoms with Gasteiger partial charge in [-0.15, -0.1) is 5.10 Å². The molecule has 1 amide bonds. The molecule has 0 aliphatic carbocycles. The summed E-state index contributed by atoms with van der Waals surface area (Å²) in [6.07, 6.45) is 0.572. The van der Waals surface area contributed by atoms with E-state index in [1.807, 2.05) is 0 Å². The molecule has 196 valence electrons. The maximum atomic E-state index is 15.0. The van der Waals surface area contributed by atoms with Gasteiger partial charge in [0.25, 0.3) is 0 Å². The van der Waals surface area contributed by atoms with Gasteiger partial charge in [-0.2, -0.15) is 4.98 Å². The first-order chi connectivity index (χ1) is 17.8. The van der Waals surface area contributed by atoms with Crippen LogP contribution in [0.3, 0.4) is 0 Å². The number of hydrogen-bond acceptors (Lipinski definition) is 7. The topological polar surface area (TPSA) is 110 Å². The molecule has 4 aromatic rings. The van der Waals surface area contributed by atoms with Crippen molar-refractivity contribution in [3.05, 3.63) is 36.0 Å². The molecule has 1 fully saturated rings. The van der Waals surface area contributed by atoms with Gasteiger partial charge < -0.3 is 24.6 Å². The lowest BCUT2D eigenvalue weighted by Crippen LogP contribution is -2.50. The minimum absolute atomic E-state index is 0.0614. The van der Waals surface area contributed by atoms with Crippen LogP contribution in [-0.2, 0) is 11.3 Å². The number of benzene rings is 1. The smallest absolute Gasteiger partial charge is 0.248 e. The van der Waals surface area contributed by atoms with Crippen LogP contribution in [-0.4, -0.2) is 85.8 Å². The quantitative estimate of drug-likeness (QED) is 0.388. The average molecular weight is 518 g/mol. The van der Waals surface area contributed by atoms with E-state index < -0.39 is 37.2 Å². The van der Waals surface area contributed by atoms with Crippen LogP contribution in [0, 0.1) is 12.7 Å². The standard InChI is InChI=1S/C24H26F3N7O3/c1-13-28-21-16(26)9-14(10-19(21)33(13)8-5-25)15-3-7-34-22(15)23(37-2)30-24(31-34)29-18-4-6-32(11-17(18)27)20(36)12-35/h3,7,9-10,17-18,35H,4-6,8,11-12H2,1-2H3,(H,29,31)/t17-,18+/m1/s1. The van der Waals surface area contributed by atoms with E-state index in [9.17, 15) is 18.0 Å². The summed E-state index contributed by atoms with van der Waals surface area (Å²) in [4.78, 5) is 21.6. The Hall–Kier alpha value is -3.87.